The van der Waals surface area contributed by atoms with E-state index in [2.05, 4.69) is 85.0 Å². The molecule has 0 aliphatic carbocycles. The molecule has 4 rings (SSSR count). The van der Waals surface area contributed by atoms with Gasteiger partial charge in [0, 0.05) is 41.6 Å². The van der Waals surface area contributed by atoms with E-state index in [1.807, 2.05) is 0 Å². The summed E-state index contributed by atoms with van der Waals surface area (Å²) in [6.45, 7) is 5.75. The van der Waals surface area contributed by atoms with Crippen LogP contribution in [0.25, 0.3) is 10.9 Å². The third-order valence-electron chi connectivity index (χ3n) is 5.80. The van der Waals surface area contributed by atoms with Crippen LogP contribution in [0, 0.1) is 0 Å². The molecular weight excluding hydrogens is 292 g/mol. The van der Waals surface area contributed by atoms with E-state index in [1.165, 1.54) is 16.5 Å². The van der Waals surface area contributed by atoms with Crippen molar-refractivity contribution in [3.63, 3.8) is 0 Å². The first-order valence-corrected chi connectivity index (χ1v) is 9.02. The molecule has 2 heteroatoms. The van der Waals surface area contributed by atoms with E-state index < -0.39 is 0 Å². The van der Waals surface area contributed by atoms with Crippen LogP contribution in [0.2, 0.25) is 0 Å². The smallest absolute Gasteiger partial charge is 0.0486 e. The lowest BCUT2D eigenvalue weighted by atomic mass is 9.93. The van der Waals surface area contributed by atoms with Crippen molar-refractivity contribution in [2.24, 2.45) is 0 Å². The van der Waals surface area contributed by atoms with Gasteiger partial charge in [0.1, 0.15) is 0 Å². The summed E-state index contributed by atoms with van der Waals surface area (Å²) in [4.78, 5) is 2.51. The molecule has 0 bridgehead atoms. The molecule has 0 N–H and O–H groups in total. The number of nitrogens with zero attached hydrogens (tertiary/aromatic N) is 2. The summed E-state index contributed by atoms with van der Waals surface area (Å²) in [6, 6.07) is 20.8. The molecule has 2 heterocycles. The predicted molar refractivity (Wildman–Crippen MR) is 101 cm³/mol. The van der Waals surface area contributed by atoms with Crippen molar-refractivity contribution in [1.29, 1.82) is 0 Å². The normalized spacial score (nSPS) is 21.1. The number of fused-ring (bicyclic) bond motifs is 3. The van der Waals surface area contributed by atoms with Gasteiger partial charge in [-0.1, -0.05) is 48.5 Å². The van der Waals surface area contributed by atoms with Crippen molar-refractivity contribution < 1.29 is 0 Å². The molecule has 2 aromatic carbocycles. The molecule has 0 radical (unpaired) electrons. The number of hydrogen-bond donors (Lipinski definition) is 0. The molecule has 3 aromatic rings. The summed E-state index contributed by atoms with van der Waals surface area (Å²) < 4.78 is 2.58. The molecule has 0 saturated heterocycles. The second kappa shape index (κ2) is 6.10. The molecule has 1 aromatic heterocycles. The molecule has 0 unspecified atom stereocenters. The highest BCUT2D eigenvalue weighted by Gasteiger charge is 2.31. The molecule has 1 aliphatic heterocycles. The molecule has 0 fully saturated rings. The van der Waals surface area contributed by atoms with Crippen LogP contribution >= 0.6 is 0 Å². The topological polar surface area (TPSA) is 8.17 Å². The zero-order chi connectivity index (χ0) is 16.7. The highest BCUT2D eigenvalue weighted by atomic mass is 15.2. The van der Waals surface area contributed by atoms with Crippen molar-refractivity contribution in [1.82, 2.24) is 9.47 Å². The zero-order valence-electron chi connectivity index (χ0n) is 14.9. The van der Waals surface area contributed by atoms with Gasteiger partial charge in [-0.15, -0.1) is 0 Å². The van der Waals surface area contributed by atoms with Crippen LogP contribution in [-0.4, -0.2) is 22.6 Å². The largest absolute Gasteiger partial charge is 0.344 e. The van der Waals surface area contributed by atoms with E-state index in [4.69, 9.17) is 0 Å². The lowest BCUT2D eigenvalue weighted by Crippen LogP contribution is -2.38. The van der Waals surface area contributed by atoms with Gasteiger partial charge < -0.3 is 4.57 Å². The fourth-order valence-electron chi connectivity index (χ4n) is 4.22. The molecule has 0 spiro atoms. The van der Waals surface area contributed by atoms with Crippen LogP contribution in [0.15, 0.2) is 54.6 Å². The SMILES string of the molecule is C[C@@H]1Cc2c(c3ccccc3n2CCc2ccccc2)[C@H](C)N1C. The number of likely N-dealkylation sites (N-methyl/N-ethyl adjacent to an activating group) is 1. The van der Waals surface area contributed by atoms with Crippen molar-refractivity contribution in [3.05, 3.63) is 71.4 Å². The molecular formula is C22H26N2. The molecule has 1 aliphatic rings. The lowest BCUT2D eigenvalue weighted by molar-refractivity contribution is 0.177. The van der Waals surface area contributed by atoms with Gasteiger partial charge in [-0.05, 0) is 44.5 Å². The fraction of sp³-hybridized carbons (Fsp3) is 0.364. The number of rotatable bonds is 3. The number of benzene rings is 2. The van der Waals surface area contributed by atoms with Crippen LogP contribution < -0.4 is 0 Å². The number of hydrogen-bond acceptors (Lipinski definition) is 1. The summed E-state index contributed by atoms with van der Waals surface area (Å²) in [7, 11) is 2.26. The molecule has 0 amide bonds. The van der Waals surface area contributed by atoms with E-state index in [9.17, 15) is 0 Å². The van der Waals surface area contributed by atoms with E-state index in [-0.39, 0.29) is 0 Å². The van der Waals surface area contributed by atoms with Gasteiger partial charge in [0.15, 0.2) is 0 Å². The summed E-state index contributed by atoms with van der Waals surface area (Å²) in [5.74, 6) is 0. The monoisotopic (exact) mass is 318 g/mol. The maximum absolute atomic E-state index is 2.58. The van der Waals surface area contributed by atoms with Gasteiger partial charge in [-0.3, -0.25) is 4.90 Å². The number of para-hydroxylation sites is 1. The standard InChI is InChI=1S/C22H26N2/c1-16-15-21-22(17(2)23(16)3)19-11-7-8-12-20(19)24(21)14-13-18-9-5-4-6-10-18/h4-12,16-17H,13-15H2,1-3H3/t16-,17+/m1/s1. The van der Waals surface area contributed by atoms with Crippen molar-refractivity contribution >= 4 is 10.9 Å². The van der Waals surface area contributed by atoms with Gasteiger partial charge in [-0.2, -0.15) is 0 Å². The highest BCUT2D eigenvalue weighted by Crippen LogP contribution is 2.39. The van der Waals surface area contributed by atoms with E-state index in [0.29, 0.717) is 12.1 Å². The Morgan fingerprint density at radius 3 is 2.46 bits per heavy atom. The summed E-state index contributed by atoms with van der Waals surface area (Å²) in [6.07, 6.45) is 2.23. The quantitative estimate of drug-likeness (QED) is 0.672. The van der Waals surface area contributed by atoms with Gasteiger partial charge in [0.25, 0.3) is 0 Å². The maximum atomic E-state index is 2.58. The Morgan fingerprint density at radius 2 is 1.67 bits per heavy atom. The van der Waals surface area contributed by atoms with E-state index in [1.54, 1.807) is 11.3 Å². The lowest BCUT2D eigenvalue weighted by Gasteiger charge is -2.36. The van der Waals surface area contributed by atoms with Crippen molar-refractivity contribution in [2.75, 3.05) is 7.05 Å². The maximum Gasteiger partial charge on any atom is 0.0486 e. The highest BCUT2D eigenvalue weighted by molar-refractivity contribution is 5.86. The summed E-state index contributed by atoms with van der Waals surface area (Å²) in [5, 5.41) is 1.44. The number of aryl methyl sites for hydroxylation is 2. The first-order valence-electron chi connectivity index (χ1n) is 9.02. The fourth-order valence-corrected chi connectivity index (χ4v) is 4.22. The minimum absolute atomic E-state index is 0.478. The second-order valence-corrected chi connectivity index (χ2v) is 7.16. The Balaban J connectivity index is 1.79. The first kappa shape index (κ1) is 15.5. The Morgan fingerprint density at radius 1 is 0.958 bits per heavy atom. The molecule has 2 nitrogen and oxygen atoms in total. The molecule has 2 atom stereocenters. The van der Waals surface area contributed by atoms with Gasteiger partial charge in [0.05, 0.1) is 0 Å². The Bertz CT molecular complexity index is 847. The summed E-state index contributed by atoms with van der Waals surface area (Å²) >= 11 is 0. The average molecular weight is 318 g/mol. The Kier molecular flexibility index (Phi) is 3.93. The average Bonchev–Trinajstić information content (AvgIpc) is 2.92. The molecule has 0 saturated carbocycles. The van der Waals surface area contributed by atoms with Crippen LogP contribution in [-0.2, 0) is 19.4 Å². The van der Waals surface area contributed by atoms with Gasteiger partial charge in [-0.25, -0.2) is 0 Å². The predicted octanol–water partition coefficient (Wildman–Crippen LogP) is 4.82. The van der Waals surface area contributed by atoms with Gasteiger partial charge >= 0.3 is 0 Å². The van der Waals surface area contributed by atoms with Crippen LogP contribution in [0.5, 0.6) is 0 Å². The summed E-state index contributed by atoms with van der Waals surface area (Å²) in [5.41, 5.74) is 5.90. The van der Waals surface area contributed by atoms with Gasteiger partial charge in [0.2, 0.25) is 0 Å². The third kappa shape index (κ3) is 2.46. The Hall–Kier alpha value is -2.06. The minimum atomic E-state index is 0.478. The van der Waals surface area contributed by atoms with Crippen molar-refractivity contribution in [3.8, 4) is 0 Å². The zero-order valence-corrected chi connectivity index (χ0v) is 14.9. The minimum Gasteiger partial charge on any atom is -0.344 e. The van der Waals surface area contributed by atoms with Crippen LogP contribution in [0.1, 0.15) is 36.7 Å². The van der Waals surface area contributed by atoms with Crippen molar-refractivity contribution in [2.45, 2.75) is 45.3 Å². The van der Waals surface area contributed by atoms with E-state index >= 15 is 0 Å². The second-order valence-electron chi connectivity index (χ2n) is 7.16. The van der Waals surface area contributed by atoms with Crippen LogP contribution in [0.3, 0.4) is 0 Å². The third-order valence-corrected chi connectivity index (χ3v) is 5.80. The van der Waals surface area contributed by atoms with E-state index in [0.717, 1.165) is 19.4 Å². The first-order chi connectivity index (χ1) is 11.7. The number of aromatic nitrogens is 1. The molecule has 124 valence electrons. The molecule has 24 heavy (non-hydrogen) atoms. The van der Waals surface area contributed by atoms with Crippen LogP contribution in [0.4, 0.5) is 0 Å². The Labute approximate surface area is 144 Å².